The van der Waals surface area contributed by atoms with Crippen LogP contribution in [0.1, 0.15) is 45.4 Å². The van der Waals surface area contributed by atoms with E-state index in [0.717, 1.165) is 29.8 Å². The summed E-state index contributed by atoms with van der Waals surface area (Å²) < 4.78 is 1.97. The second kappa shape index (κ2) is 8.67. The molecule has 0 aliphatic heterocycles. The summed E-state index contributed by atoms with van der Waals surface area (Å²) >= 11 is 0. The molecule has 7 heteroatoms. The Balaban J connectivity index is 1.93. The van der Waals surface area contributed by atoms with Gasteiger partial charge in [0.05, 0.1) is 28.2 Å². The average Bonchev–Trinajstić information content (AvgIpc) is 3.04. The van der Waals surface area contributed by atoms with Gasteiger partial charge in [0.2, 0.25) is 0 Å². The maximum atomic E-state index is 12.9. The van der Waals surface area contributed by atoms with Crippen molar-refractivity contribution in [2.75, 3.05) is 13.6 Å². The van der Waals surface area contributed by atoms with Gasteiger partial charge in [0, 0.05) is 7.05 Å². The Kier molecular flexibility index (Phi) is 6.06. The maximum Gasteiger partial charge on any atom is 0.336 e. The van der Waals surface area contributed by atoms with E-state index in [9.17, 15) is 14.7 Å². The van der Waals surface area contributed by atoms with Crippen LogP contribution in [0, 0.1) is 0 Å². The predicted octanol–water partition coefficient (Wildman–Crippen LogP) is 2.74. The lowest BCUT2D eigenvalue weighted by Crippen LogP contribution is -2.32. The number of benzene rings is 2. The fraction of sp³-hybridized carbons (Fsp3) is 0.286. The van der Waals surface area contributed by atoms with Gasteiger partial charge in [0.25, 0.3) is 5.91 Å². The molecule has 146 valence electrons. The third-order valence-electron chi connectivity index (χ3n) is 4.76. The Morgan fingerprint density at radius 2 is 1.79 bits per heavy atom. The molecule has 1 amide bonds. The zero-order chi connectivity index (χ0) is 20.1. The molecule has 1 aromatic heterocycles. The second-order valence-electron chi connectivity index (χ2n) is 6.64. The Labute approximate surface area is 163 Å². The summed E-state index contributed by atoms with van der Waals surface area (Å²) in [4.78, 5) is 29.1. The van der Waals surface area contributed by atoms with Crippen molar-refractivity contribution in [3.05, 3.63) is 65.5 Å². The molecule has 1 atom stereocenters. The number of carbonyl (C=O) groups excluding carboxylic acids is 1. The van der Waals surface area contributed by atoms with Gasteiger partial charge in [-0.1, -0.05) is 24.3 Å². The lowest BCUT2D eigenvalue weighted by Gasteiger charge is -2.19. The zero-order valence-electron chi connectivity index (χ0n) is 16.0. The number of para-hydroxylation sites is 2. The summed E-state index contributed by atoms with van der Waals surface area (Å²) in [6.45, 7) is 0.808. The predicted molar refractivity (Wildman–Crippen MR) is 107 cm³/mol. The summed E-state index contributed by atoms with van der Waals surface area (Å²) in [5.74, 6) is -0.793. The van der Waals surface area contributed by atoms with E-state index < -0.39 is 11.9 Å². The number of amides is 1. The number of aromatic nitrogens is 2. The monoisotopic (exact) mass is 380 g/mol. The van der Waals surface area contributed by atoms with Crippen LogP contribution in [0.15, 0.2) is 48.5 Å². The number of aromatic carboxylic acids is 1. The number of nitrogens with zero attached hydrogens (tertiary/aromatic N) is 2. The minimum absolute atomic E-state index is 0.0148. The number of fused-ring (bicyclic) bond motifs is 1. The molecular weight excluding hydrogens is 356 g/mol. The van der Waals surface area contributed by atoms with E-state index >= 15 is 0 Å². The normalized spacial score (nSPS) is 12.1. The number of aryl methyl sites for hydroxylation is 1. The molecule has 0 spiro atoms. The molecule has 0 saturated heterocycles. The first-order chi connectivity index (χ1) is 13.5. The minimum Gasteiger partial charge on any atom is -0.478 e. The fourth-order valence-electron chi connectivity index (χ4n) is 3.33. The van der Waals surface area contributed by atoms with Gasteiger partial charge in [-0.2, -0.15) is 0 Å². The SMILES string of the molecule is CNCCCC(NC(=O)c1ccccc1C(=O)O)c1nc2ccccc2n1C. The van der Waals surface area contributed by atoms with E-state index in [0.29, 0.717) is 6.42 Å². The maximum absolute atomic E-state index is 12.9. The van der Waals surface area contributed by atoms with Crippen LogP contribution >= 0.6 is 0 Å². The number of carboxylic acids is 1. The second-order valence-corrected chi connectivity index (χ2v) is 6.64. The summed E-state index contributed by atoms with van der Waals surface area (Å²) in [5, 5.41) is 15.5. The summed E-state index contributed by atoms with van der Waals surface area (Å²) in [5.41, 5.74) is 1.97. The molecule has 3 N–H and O–H groups in total. The van der Waals surface area contributed by atoms with Crippen molar-refractivity contribution >= 4 is 22.9 Å². The number of carboxylic acid groups (broad SMARTS) is 1. The lowest BCUT2D eigenvalue weighted by molar-refractivity contribution is 0.0690. The smallest absolute Gasteiger partial charge is 0.336 e. The Morgan fingerprint density at radius 1 is 1.11 bits per heavy atom. The molecule has 3 aromatic rings. The number of hydrogen-bond donors (Lipinski definition) is 3. The van der Waals surface area contributed by atoms with Gasteiger partial charge in [0.15, 0.2) is 0 Å². The average molecular weight is 380 g/mol. The summed E-state index contributed by atoms with van der Waals surface area (Å²) in [6.07, 6.45) is 1.52. The van der Waals surface area contributed by atoms with Gasteiger partial charge < -0.3 is 20.3 Å². The zero-order valence-corrected chi connectivity index (χ0v) is 16.0. The molecule has 1 unspecified atom stereocenters. The molecule has 0 fully saturated rings. The van der Waals surface area contributed by atoms with Crippen molar-refractivity contribution < 1.29 is 14.7 Å². The van der Waals surface area contributed by atoms with Gasteiger partial charge >= 0.3 is 5.97 Å². The van der Waals surface area contributed by atoms with Crippen molar-refractivity contribution in [3.63, 3.8) is 0 Å². The number of hydrogen-bond acceptors (Lipinski definition) is 4. The molecule has 0 aliphatic carbocycles. The first-order valence-electron chi connectivity index (χ1n) is 9.22. The fourth-order valence-corrected chi connectivity index (χ4v) is 3.33. The van der Waals surface area contributed by atoms with E-state index in [2.05, 4.69) is 10.6 Å². The van der Waals surface area contributed by atoms with E-state index in [4.69, 9.17) is 4.98 Å². The van der Waals surface area contributed by atoms with Gasteiger partial charge in [-0.3, -0.25) is 4.79 Å². The highest BCUT2D eigenvalue weighted by Crippen LogP contribution is 2.23. The minimum atomic E-state index is -1.12. The first-order valence-corrected chi connectivity index (χ1v) is 9.22. The number of nitrogens with one attached hydrogen (secondary N) is 2. The molecule has 28 heavy (non-hydrogen) atoms. The van der Waals surface area contributed by atoms with Crippen LogP contribution in [0.25, 0.3) is 11.0 Å². The van der Waals surface area contributed by atoms with Crippen molar-refractivity contribution in [3.8, 4) is 0 Å². The molecule has 0 aliphatic rings. The number of carbonyl (C=O) groups is 2. The molecule has 0 bridgehead atoms. The number of imidazole rings is 1. The van der Waals surface area contributed by atoms with Crippen LogP contribution in [0.3, 0.4) is 0 Å². The molecule has 0 saturated carbocycles. The molecule has 1 heterocycles. The van der Waals surface area contributed by atoms with E-state index in [1.54, 1.807) is 12.1 Å². The lowest BCUT2D eigenvalue weighted by atomic mass is 10.1. The van der Waals surface area contributed by atoms with Gasteiger partial charge in [-0.25, -0.2) is 9.78 Å². The van der Waals surface area contributed by atoms with Crippen molar-refractivity contribution in [2.45, 2.75) is 18.9 Å². The van der Waals surface area contributed by atoms with Crippen molar-refractivity contribution in [2.24, 2.45) is 7.05 Å². The van der Waals surface area contributed by atoms with Crippen LogP contribution in [0.2, 0.25) is 0 Å². The van der Waals surface area contributed by atoms with Crippen LogP contribution < -0.4 is 10.6 Å². The first kappa shape index (κ1) is 19.6. The quantitative estimate of drug-likeness (QED) is 0.522. The van der Waals surface area contributed by atoms with Crippen molar-refractivity contribution in [1.29, 1.82) is 0 Å². The Morgan fingerprint density at radius 3 is 2.46 bits per heavy atom. The standard InChI is InChI=1S/C21H24N4O3/c1-22-13-7-11-17(19-23-16-10-5-6-12-18(16)25(19)2)24-20(26)14-8-3-4-9-15(14)21(27)28/h3-6,8-10,12,17,22H,7,11,13H2,1-2H3,(H,24,26)(H,27,28). The van der Waals surface area contributed by atoms with Crippen molar-refractivity contribution in [1.82, 2.24) is 20.2 Å². The third-order valence-corrected chi connectivity index (χ3v) is 4.76. The largest absolute Gasteiger partial charge is 0.478 e. The summed E-state index contributed by atoms with van der Waals surface area (Å²) in [7, 11) is 3.80. The highest BCUT2D eigenvalue weighted by atomic mass is 16.4. The molecule has 7 nitrogen and oxygen atoms in total. The third kappa shape index (κ3) is 4.04. The molecular formula is C21H24N4O3. The Bertz CT molecular complexity index is 996. The van der Waals surface area contributed by atoms with Gasteiger partial charge in [-0.15, -0.1) is 0 Å². The van der Waals surface area contributed by atoms with Gasteiger partial charge in [-0.05, 0) is 50.7 Å². The summed E-state index contributed by atoms with van der Waals surface area (Å²) in [6, 6.07) is 13.7. The van der Waals surface area contributed by atoms with Crippen LogP contribution in [-0.4, -0.2) is 40.1 Å². The Hall–Kier alpha value is -3.19. The number of rotatable bonds is 8. The van der Waals surface area contributed by atoms with Crippen LogP contribution in [-0.2, 0) is 7.05 Å². The molecule has 2 aromatic carbocycles. The van der Waals surface area contributed by atoms with Crippen LogP contribution in [0.5, 0.6) is 0 Å². The topological polar surface area (TPSA) is 96.2 Å². The highest BCUT2D eigenvalue weighted by Gasteiger charge is 2.23. The van der Waals surface area contributed by atoms with E-state index in [-0.39, 0.29) is 17.2 Å². The van der Waals surface area contributed by atoms with E-state index in [1.807, 2.05) is 42.9 Å². The van der Waals surface area contributed by atoms with Gasteiger partial charge in [0.1, 0.15) is 5.82 Å². The molecule has 3 rings (SSSR count). The highest BCUT2D eigenvalue weighted by molar-refractivity contribution is 6.04. The van der Waals surface area contributed by atoms with E-state index in [1.165, 1.54) is 12.1 Å². The van der Waals surface area contributed by atoms with Crippen LogP contribution in [0.4, 0.5) is 0 Å². The molecule has 0 radical (unpaired) electrons.